The van der Waals surface area contributed by atoms with E-state index in [-0.39, 0.29) is 11.8 Å². The lowest BCUT2D eigenvalue weighted by molar-refractivity contribution is -0.129. The molecule has 90 valence electrons. The number of benzene rings is 1. The lowest BCUT2D eigenvalue weighted by Gasteiger charge is -2.28. The fraction of sp³-hybridized carbons (Fsp3) is 0.385. The van der Waals surface area contributed by atoms with Crippen LogP contribution in [0.25, 0.3) is 0 Å². The number of carbonyl (C=O) groups is 2. The molecule has 1 aliphatic heterocycles. The highest BCUT2D eigenvalue weighted by Crippen LogP contribution is 2.22. The van der Waals surface area contributed by atoms with Gasteiger partial charge in [0.25, 0.3) is 0 Å². The third kappa shape index (κ3) is 2.64. The molecule has 0 aromatic heterocycles. The van der Waals surface area contributed by atoms with Gasteiger partial charge in [0.1, 0.15) is 0 Å². The quantitative estimate of drug-likeness (QED) is 0.798. The summed E-state index contributed by atoms with van der Waals surface area (Å²) < 4.78 is 0. The number of nitrogens with one attached hydrogen (secondary N) is 1. The molecule has 1 aliphatic rings. The first-order valence-corrected chi connectivity index (χ1v) is 5.71. The maximum absolute atomic E-state index is 11.3. The molecule has 0 saturated carbocycles. The summed E-state index contributed by atoms with van der Waals surface area (Å²) in [5.41, 5.74) is 3.18. The summed E-state index contributed by atoms with van der Waals surface area (Å²) in [6.07, 6.45) is 0.884. The van der Waals surface area contributed by atoms with Gasteiger partial charge in [-0.15, -0.1) is 0 Å². The Morgan fingerprint density at radius 3 is 2.65 bits per heavy atom. The third-order valence-electron chi connectivity index (χ3n) is 2.98. The minimum absolute atomic E-state index is 0.0795. The average molecular weight is 232 g/mol. The van der Waals surface area contributed by atoms with Crippen LogP contribution in [0.2, 0.25) is 0 Å². The summed E-state index contributed by atoms with van der Waals surface area (Å²) in [6.45, 7) is 4.49. The maximum Gasteiger partial charge on any atom is 0.221 e. The van der Waals surface area contributed by atoms with E-state index in [1.165, 1.54) is 12.5 Å². The Balaban J connectivity index is 2.22. The fourth-order valence-corrected chi connectivity index (χ4v) is 2.11. The van der Waals surface area contributed by atoms with Crippen molar-refractivity contribution in [1.29, 1.82) is 0 Å². The second-order valence-corrected chi connectivity index (χ2v) is 4.36. The first kappa shape index (κ1) is 11.6. The van der Waals surface area contributed by atoms with Gasteiger partial charge < -0.3 is 10.2 Å². The first-order chi connectivity index (χ1) is 8.06. The highest BCUT2D eigenvalue weighted by molar-refractivity contribution is 5.88. The van der Waals surface area contributed by atoms with Gasteiger partial charge in [0.15, 0.2) is 0 Å². The van der Waals surface area contributed by atoms with Gasteiger partial charge in [0, 0.05) is 32.6 Å². The molecule has 4 heteroatoms. The summed E-state index contributed by atoms with van der Waals surface area (Å²) >= 11 is 0. The molecule has 0 fully saturated rings. The Hall–Kier alpha value is -1.84. The number of anilines is 1. The van der Waals surface area contributed by atoms with Crippen molar-refractivity contribution >= 4 is 17.5 Å². The smallest absolute Gasteiger partial charge is 0.221 e. The average Bonchev–Trinajstić information content (AvgIpc) is 2.27. The fourth-order valence-electron chi connectivity index (χ4n) is 2.11. The van der Waals surface area contributed by atoms with Crippen molar-refractivity contribution in [2.45, 2.75) is 26.8 Å². The molecule has 1 aromatic rings. The van der Waals surface area contributed by atoms with Gasteiger partial charge in [-0.25, -0.2) is 0 Å². The van der Waals surface area contributed by atoms with Crippen molar-refractivity contribution in [3.8, 4) is 0 Å². The molecule has 17 heavy (non-hydrogen) atoms. The second-order valence-electron chi connectivity index (χ2n) is 4.36. The molecule has 0 radical (unpaired) electrons. The van der Waals surface area contributed by atoms with Crippen molar-refractivity contribution in [1.82, 2.24) is 4.90 Å². The van der Waals surface area contributed by atoms with Crippen LogP contribution in [-0.4, -0.2) is 23.3 Å². The molecule has 0 atom stereocenters. The third-order valence-corrected chi connectivity index (χ3v) is 2.98. The molecule has 0 bridgehead atoms. The number of hydrogen-bond donors (Lipinski definition) is 1. The summed E-state index contributed by atoms with van der Waals surface area (Å²) in [4.78, 5) is 24.1. The summed E-state index contributed by atoms with van der Waals surface area (Å²) in [5.74, 6) is 0.0183. The molecule has 0 aliphatic carbocycles. The lowest BCUT2D eigenvalue weighted by Crippen LogP contribution is -2.34. The molecule has 2 amide bonds. The monoisotopic (exact) mass is 232 g/mol. The van der Waals surface area contributed by atoms with Gasteiger partial charge in [-0.1, -0.05) is 6.07 Å². The first-order valence-electron chi connectivity index (χ1n) is 5.71. The van der Waals surface area contributed by atoms with E-state index in [0.717, 1.165) is 24.2 Å². The van der Waals surface area contributed by atoms with E-state index >= 15 is 0 Å². The summed E-state index contributed by atoms with van der Waals surface area (Å²) in [5, 5.41) is 2.76. The Bertz CT molecular complexity index is 468. The van der Waals surface area contributed by atoms with Gasteiger partial charge in [-0.05, 0) is 29.7 Å². The zero-order valence-electron chi connectivity index (χ0n) is 10.1. The molecular weight excluding hydrogens is 216 g/mol. The Morgan fingerprint density at radius 1 is 1.24 bits per heavy atom. The van der Waals surface area contributed by atoms with E-state index in [9.17, 15) is 9.59 Å². The van der Waals surface area contributed by atoms with Crippen molar-refractivity contribution in [2.75, 3.05) is 11.9 Å². The minimum atomic E-state index is -0.0795. The molecule has 0 saturated heterocycles. The number of amides is 2. The van der Waals surface area contributed by atoms with E-state index in [1.54, 1.807) is 6.92 Å². The minimum Gasteiger partial charge on any atom is -0.338 e. The molecule has 2 rings (SSSR count). The number of carbonyl (C=O) groups excluding carboxylic acids is 2. The van der Waals surface area contributed by atoms with Crippen LogP contribution >= 0.6 is 0 Å². The molecular formula is C13H16N2O2. The molecule has 1 N–H and O–H groups in total. The Labute approximate surface area is 101 Å². The van der Waals surface area contributed by atoms with Crippen LogP contribution in [0.5, 0.6) is 0 Å². The Kier molecular flexibility index (Phi) is 3.13. The van der Waals surface area contributed by atoms with Crippen LogP contribution in [0.1, 0.15) is 25.0 Å². The van der Waals surface area contributed by atoms with Gasteiger partial charge in [-0.2, -0.15) is 0 Å². The van der Waals surface area contributed by atoms with E-state index in [0.29, 0.717) is 6.54 Å². The predicted molar refractivity (Wildman–Crippen MR) is 65.5 cm³/mol. The molecule has 4 nitrogen and oxygen atoms in total. The maximum atomic E-state index is 11.3. The van der Waals surface area contributed by atoms with E-state index in [2.05, 4.69) is 5.32 Å². The highest BCUT2D eigenvalue weighted by Gasteiger charge is 2.18. The van der Waals surface area contributed by atoms with Crippen molar-refractivity contribution in [3.63, 3.8) is 0 Å². The van der Waals surface area contributed by atoms with Crippen LogP contribution in [0.15, 0.2) is 18.2 Å². The van der Waals surface area contributed by atoms with Crippen LogP contribution in [-0.2, 0) is 22.6 Å². The van der Waals surface area contributed by atoms with E-state index in [4.69, 9.17) is 0 Å². The van der Waals surface area contributed by atoms with Gasteiger partial charge in [0.05, 0.1) is 0 Å². The van der Waals surface area contributed by atoms with Crippen LogP contribution in [0, 0.1) is 0 Å². The number of hydrogen-bond acceptors (Lipinski definition) is 2. The number of rotatable bonds is 1. The SMILES string of the molecule is CC(=O)Nc1ccc2c(c1)CN(C(C)=O)CC2. The van der Waals surface area contributed by atoms with E-state index in [1.807, 2.05) is 23.1 Å². The standard InChI is InChI=1S/C13H16N2O2/c1-9(16)14-13-4-3-11-5-6-15(10(2)17)8-12(11)7-13/h3-4,7H,5-6,8H2,1-2H3,(H,14,16). The zero-order valence-corrected chi connectivity index (χ0v) is 10.1. The van der Waals surface area contributed by atoms with Gasteiger partial charge in [0.2, 0.25) is 11.8 Å². The van der Waals surface area contributed by atoms with Gasteiger partial charge >= 0.3 is 0 Å². The number of fused-ring (bicyclic) bond motifs is 1. The van der Waals surface area contributed by atoms with Crippen molar-refractivity contribution < 1.29 is 9.59 Å². The van der Waals surface area contributed by atoms with Crippen molar-refractivity contribution in [3.05, 3.63) is 29.3 Å². The lowest BCUT2D eigenvalue weighted by atomic mass is 9.99. The second kappa shape index (κ2) is 4.57. The molecule has 0 unspecified atom stereocenters. The predicted octanol–water partition coefficient (Wildman–Crippen LogP) is 1.55. The van der Waals surface area contributed by atoms with Crippen LogP contribution < -0.4 is 5.32 Å². The van der Waals surface area contributed by atoms with Gasteiger partial charge in [-0.3, -0.25) is 9.59 Å². The molecule has 1 aromatic carbocycles. The zero-order chi connectivity index (χ0) is 12.4. The Morgan fingerprint density at radius 2 is 2.00 bits per heavy atom. The largest absolute Gasteiger partial charge is 0.338 e. The number of nitrogens with zero attached hydrogens (tertiary/aromatic N) is 1. The van der Waals surface area contributed by atoms with Crippen LogP contribution in [0.4, 0.5) is 5.69 Å². The van der Waals surface area contributed by atoms with Crippen molar-refractivity contribution in [2.24, 2.45) is 0 Å². The summed E-state index contributed by atoms with van der Waals surface area (Å²) in [7, 11) is 0. The molecule has 0 spiro atoms. The topological polar surface area (TPSA) is 49.4 Å². The highest BCUT2D eigenvalue weighted by atomic mass is 16.2. The molecule has 1 heterocycles. The van der Waals surface area contributed by atoms with E-state index < -0.39 is 0 Å². The normalized spacial score (nSPS) is 14.1. The van der Waals surface area contributed by atoms with Crippen LogP contribution in [0.3, 0.4) is 0 Å². The summed E-state index contributed by atoms with van der Waals surface area (Å²) in [6, 6.07) is 5.88.